The van der Waals surface area contributed by atoms with E-state index < -0.39 is 169 Å². The normalized spacial score (nSPS) is 24.7. The van der Waals surface area contributed by atoms with Crippen molar-refractivity contribution in [1.29, 1.82) is 0 Å². The third-order valence-corrected chi connectivity index (χ3v) is 19.2. The number of amides is 12. The molecule has 25 nitrogen and oxygen atoms in total. The van der Waals surface area contributed by atoms with Crippen LogP contribution in [0.5, 0.6) is 5.75 Å². The molecule has 0 spiro atoms. The molecular weight excluding hydrogens is 1390 g/mol. The summed E-state index contributed by atoms with van der Waals surface area (Å²) in [6.07, 6.45) is 2.07. The zero-order valence-corrected chi connectivity index (χ0v) is 60.9. The lowest BCUT2D eigenvalue weighted by Gasteiger charge is -2.43. The van der Waals surface area contributed by atoms with E-state index in [4.69, 9.17) is 6.42 Å². The zero-order valence-electron chi connectivity index (χ0n) is 58.8. The summed E-state index contributed by atoms with van der Waals surface area (Å²) in [4.78, 5) is 186. The van der Waals surface area contributed by atoms with Crippen LogP contribution in [0.15, 0.2) is 48.5 Å². The first-order chi connectivity index (χ1) is 45.8. The number of benzene rings is 2. The van der Waals surface area contributed by atoms with Crippen molar-refractivity contribution in [3.05, 3.63) is 63.2 Å². The summed E-state index contributed by atoms with van der Waals surface area (Å²) in [6.45, 7) is 13.1. The number of carbonyl (C=O) groups excluding carboxylic acids is 12. The van der Waals surface area contributed by atoms with Crippen LogP contribution in [0.25, 0.3) is 0 Å². The molecule has 5 rings (SSSR count). The Morgan fingerprint density at radius 1 is 0.663 bits per heavy atom. The van der Waals surface area contributed by atoms with Crippen molar-refractivity contribution in [2.24, 2.45) is 17.8 Å². The van der Waals surface area contributed by atoms with Gasteiger partial charge < -0.3 is 65.2 Å². The standard InChI is InChI=1S/C69H98F3IN12O13/c1-16-22-48-62(92)83(15)68(8,9)67(97)76-50(33-41(3)4)61(91)81(13)54(65(95)84-30-19-18-20-31-84)38-56(87)80(12)52(34-42(5)6)60(90)77-58(43(7)17-2)66(96)79(11)40-57(88)85-32-29-51(85)64(94)82(14)53(37-44-25-27-47(28-26-44)98-69(70,71)72)63(93)78(10)39-55(86)74-49(59(89)75-48)36-45-23-21-24-46(73)35-45/h1,21,23-28,35,41-43,48-54,58H,17-20,22,29-34,36-40H2,2-15H3,(H,74,86)(H,75,89)(H,76,97)(H,77,90)/t43-,48-,49-,50-,51-,52-,53-,54-,58-/m0/s1. The second-order valence-corrected chi connectivity index (χ2v) is 28.5. The van der Waals surface area contributed by atoms with Crippen LogP contribution in [0, 0.1) is 33.7 Å². The fourth-order valence-electron chi connectivity index (χ4n) is 12.0. The van der Waals surface area contributed by atoms with Gasteiger partial charge in [0, 0.05) is 84.8 Å². The fraction of sp³-hybridized carbons (Fsp3) is 0.623. The Labute approximate surface area is 586 Å². The molecule has 3 heterocycles. The van der Waals surface area contributed by atoms with E-state index in [2.05, 4.69) is 54.5 Å². The van der Waals surface area contributed by atoms with E-state index in [-0.39, 0.29) is 56.0 Å². The van der Waals surface area contributed by atoms with Gasteiger partial charge in [-0.25, -0.2) is 0 Å². The Morgan fingerprint density at radius 3 is 1.85 bits per heavy atom. The van der Waals surface area contributed by atoms with E-state index in [1.54, 1.807) is 43.0 Å². The van der Waals surface area contributed by atoms with Crippen LogP contribution in [0.3, 0.4) is 0 Å². The van der Waals surface area contributed by atoms with Gasteiger partial charge in [0.2, 0.25) is 70.9 Å². The smallest absolute Gasteiger partial charge is 0.406 e. The number of piperidine rings is 1. The van der Waals surface area contributed by atoms with E-state index in [9.17, 15) is 65.9 Å². The van der Waals surface area contributed by atoms with Crippen molar-refractivity contribution in [3.63, 3.8) is 0 Å². The number of nitrogens with zero attached hydrogens (tertiary/aromatic N) is 8. The average Bonchev–Trinajstić information content (AvgIpc) is 0.798. The zero-order chi connectivity index (χ0) is 73.4. The van der Waals surface area contributed by atoms with Crippen LogP contribution < -0.4 is 26.0 Å². The molecule has 98 heavy (non-hydrogen) atoms. The molecule has 29 heteroatoms. The minimum atomic E-state index is -5.02. The van der Waals surface area contributed by atoms with Gasteiger partial charge in [-0.1, -0.05) is 72.2 Å². The van der Waals surface area contributed by atoms with Gasteiger partial charge in [0.25, 0.3) is 0 Å². The maximum atomic E-state index is 15.1. The molecule has 0 aromatic heterocycles. The number of fused-ring (bicyclic) bond motifs is 1. The maximum absolute atomic E-state index is 15.1. The van der Waals surface area contributed by atoms with Gasteiger partial charge >= 0.3 is 6.36 Å². The lowest BCUT2D eigenvalue weighted by molar-refractivity contribution is -0.274. The number of alkyl halides is 3. The molecule has 0 bridgehead atoms. The van der Waals surface area contributed by atoms with E-state index in [0.717, 1.165) is 46.6 Å². The Kier molecular flexibility index (Phi) is 29.3. The molecule has 3 aliphatic rings. The molecule has 0 saturated carbocycles. The summed E-state index contributed by atoms with van der Waals surface area (Å²) in [5.74, 6) is -8.25. The van der Waals surface area contributed by atoms with Gasteiger partial charge in [-0.3, -0.25) is 57.5 Å². The number of nitrogens with one attached hydrogen (secondary N) is 4. The van der Waals surface area contributed by atoms with E-state index in [1.165, 1.54) is 78.1 Å². The van der Waals surface area contributed by atoms with Crippen LogP contribution in [0.1, 0.15) is 124 Å². The van der Waals surface area contributed by atoms with Gasteiger partial charge in [0.15, 0.2) is 0 Å². The Balaban J connectivity index is 1.62. The van der Waals surface area contributed by atoms with Gasteiger partial charge in [-0.05, 0) is 128 Å². The van der Waals surface area contributed by atoms with Crippen LogP contribution in [-0.4, -0.2) is 245 Å². The van der Waals surface area contributed by atoms with Crippen LogP contribution >= 0.6 is 22.6 Å². The molecule has 3 fully saturated rings. The molecule has 3 saturated heterocycles. The van der Waals surface area contributed by atoms with Crippen molar-refractivity contribution in [2.75, 3.05) is 75.0 Å². The van der Waals surface area contributed by atoms with E-state index in [0.29, 0.717) is 37.9 Å². The highest BCUT2D eigenvalue weighted by Gasteiger charge is 2.46. The molecule has 540 valence electrons. The number of rotatable bonds is 13. The molecule has 0 radical (unpaired) electrons. The van der Waals surface area contributed by atoms with Crippen LogP contribution in [0.4, 0.5) is 13.2 Å². The third kappa shape index (κ3) is 21.7. The molecule has 9 atom stereocenters. The Bertz CT molecular complexity index is 3270. The Hall–Kier alpha value is -8.04. The molecule has 0 aliphatic carbocycles. The van der Waals surface area contributed by atoms with Crippen molar-refractivity contribution in [2.45, 2.75) is 186 Å². The number of ether oxygens (including phenoxy) is 1. The summed E-state index contributed by atoms with van der Waals surface area (Å²) in [7, 11) is 7.96. The number of halogens is 4. The number of terminal acetylenes is 1. The molecule has 2 aromatic carbocycles. The van der Waals surface area contributed by atoms with Crippen molar-refractivity contribution < 1.29 is 75.4 Å². The highest BCUT2D eigenvalue weighted by atomic mass is 127. The highest BCUT2D eigenvalue weighted by molar-refractivity contribution is 14.1. The third-order valence-electron chi connectivity index (χ3n) is 18.5. The average molecular weight is 1490 g/mol. The number of carbonyl (C=O) groups is 12. The topological polar surface area (TPSA) is 288 Å². The molecule has 4 N–H and O–H groups in total. The molecule has 12 amide bonds. The van der Waals surface area contributed by atoms with Crippen molar-refractivity contribution >= 4 is 93.5 Å². The summed E-state index contributed by atoms with van der Waals surface area (Å²) in [5.41, 5.74) is -0.978. The van der Waals surface area contributed by atoms with Crippen molar-refractivity contribution in [3.8, 4) is 18.1 Å². The van der Waals surface area contributed by atoms with Gasteiger partial charge in [-0.15, -0.1) is 25.5 Å². The fourth-order valence-corrected chi connectivity index (χ4v) is 12.6. The maximum Gasteiger partial charge on any atom is 0.573 e. The predicted molar refractivity (Wildman–Crippen MR) is 366 cm³/mol. The predicted octanol–water partition coefficient (Wildman–Crippen LogP) is 3.73. The first-order valence-electron chi connectivity index (χ1n) is 33.2. The molecular formula is C69H98F3IN12O13. The SMILES string of the molecule is C#CC[C@@H]1NC(=O)[C@H](Cc2cccc(I)c2)NC(=O)CN(C)C(=O)[C@H](Cc2ccc(OC(F)(F)F)cc2)N(C)C(=O)[C@@H]2CCN2C(=O)CN(C)C(=O)[C@H]([C@@H](C)CC)NC(=O)[C@H](CC(C)C)N(C)C(=O)C[C@@H](C(=O)N2CCCCC2)N(C)C(=O)[C@H](CC(C)C)NC(=O)C(C)(C)N(C)C1=O. The number of likely N-dealkylation sites (N-methyl/N-ethyl adjacent to an activating group) is 6. The Morgan fingerprint density at radius 2 is 1.29 bits per heavy atom. The first-order valence-corrected chi connectivity index (χ1v) is 34.3. The highest BCUT2D eigenvalue weighted by Crippen LogP contribution is 2.28. The minimum absolute atomic E-state index is 0.0299. The second-order valence-electron chi connectivity index (χ2n) is 27.3. The quantitative estimate of drug-likeness (QED) is 0.165. The van der Waals surface area contributed by atoms with Gasteiger partial charge in [0.1, 0.15) is 59.6 Å². The van der Waals surface area contributed by atoms with Crippen molar-refractivity contribution in [1.82, 2.24) is 60.5 Å². The van der Waals surface area contributed by atoms with Gasteiger partial charge in [0.05, 0.1) is 19.5 Å². The lowest BCUT2D eigenvalue weighted by atomic mass is 9.95. The summed E-state index contributed by atoms with van der Waals surface area (Å²) < 4.78 is 44.5. The van der Waals surface area contributed by atoms with Gasteiger partial charge in [-0.2, -0.15) is 0 Å². The van der Waals surface area contributed by atoms with Crippen LogP contribution in [0.2, 0.25) is 0 Å². The van der Waals surface area contributed by atoms with Crippen LogP contribution in [-0.2, 0) is 70.4 Å². The summed E-state index contributed by atoms with van der Waals surface area (Å²) >= 11 is 2.07. The van der Waals surface area contributed by atoms with E-state index >= 15 is 4.79 Å². The molecule has 2 aromatic rings. The summed E-state index contributed by atoms with van der Waals surface area (Å²) in [6, 6.07) is 0.623. The number of likely N-dealkylation sites (tertiary alicyclic amines) is 1. The second kappa shape index (κ2) is 35.6. The first kappa shape index (κ1) is 80.6. The number of hydrogen-bond donors (Lipinski definition) is 4. The largest absolute Gasteiger partial charge is 0.573 e. The minimum Gasteiger partial charge on any atom is -0.406 e. The molecule has 0 unspecified atom stereocenters. The lowest BCUT2D eigenvalue weighted by Crippen LogP contribution is -2.64. The van der Waals surface area contributed by atoms with E-state index in [1.807, 2.05) is 27.7 Å². The number of hydrogen-bond acceptors (Lipinski definition) is 13. The molecule has 3 aliphatic heterocycles. The summed E-state index contributed by atoms with van der Waals surface area (Å²) in [5, 5.41) is 11.0. The monoisotopic (exact) mass is 1490 g/mol.